The van der Waals surface area contributed by atoms with Crippen LogP contribution in [0.4, 0.5) is 0 Å². The van der Waals surface area contributed by atoms with Crippen LogP contribution < -0.4 is 5.32 Å². The van der Waals surface area contributed by atoms with Crippen molar-refractivity contribution in [3.8, 4) is 0 Å². The summed E-state index contributed by atoms with van der Waals surface area (Å²) in [7, 11) is 0. The zero-order valence-corrected chi connectivity index (χ0v) is 17.8. The molecular weight excluding hydrogens is 406 g/mol. The van der Waals surface area contributed by atoms with Gasteiger partial charge in [-0.2, -0.15) is 11.3 Å². The van der Waals surface area contributed by atoms with Gasteiger partial charge in [-0.1, -0.05) is 6.07 Å². The van der Waals surface area contributed by atoms with E-state index in [4.69, 9.17) is 0 Å². The summed E-state index contributed by atoms with van der Waals surface area (Å²) in [5.41, 5.74) is 0.694. The molecule has 1 atom stereocenters. The van der Waals surface area contributed by atoms with Crippen molar-refractivity contribution in [3.63, 3.8) is 0 Å². The molecule has 0 aromatic carbocycles. The van der Waals surface area contributed by atoms with Crippen LogP contribution in [0.15, 0.2) is 34.3 Å². The quantitative estimate of drug-likeness (QED) is 0.791. The highest BCUT2D eigenvalue weighted by atomic mass is 32.1. The fraction of sp³-hybridized carbons (Fsp3) is 0.476. The topological polar surface area (TPSA) is 69.7 Å². The maximum absolute atomic E-state index is 13.1. The molecule has 154 valence electrons. The molecule has 2 saturated heterocycles. The molecule has 0 bridgehead atoms. The van der Waals surface area contributed by atoms with Crippen molar-refractivity contribution in [2.75, 3.05) is 19.6 Å². The first-order valence-corrected chi connectivity index (χ1v) is 11.9. The lowest BCUT2D eigenvalue weighted by Gasteiger charge is -2.35. The van der Waals surface area contributed by atoms with E-state index < -0.39 is 0 Å². The van der Waals surface area contributed by atoms with Crippen LogP contribution in [-0.4, -0.2) is 59.2 Å². The largest absolute Gasteiger partial charge is 0.349 e. The first-order chi connectivity index (χ1) is 14.1. The van der Waals surface area contributed by atoms with Crippen molar-refractivity contribution < 1.29 is 14.4 Å². The van der Waals surface area contributed by atoms with Gasteiger partial charge in [-0.05, 0) is 48.6 Å². The SMILES string of the molecule is O=C(NC1CCN(C(=O)C2CCCN2C(=O)Cc2cccs2)CC1)c1ccsc1. The summed E-state index contributed by atoms with van der Waals surface area (Å²) in [6.45, 7) is 1.90. The average molecular weight is 432 g/mol. The predicted octanol–water partition coefficient (Wildman–Crippen LogP) is 2.76. The molecule has 2 aliphatic heterocycles. The summed E-state index contributed by atoms with van der Waals surface area (Å²) in [5, 5.41) is 8.77. The van der Waals surface area contributed by atoms with Crippen molar-refractivity contribution >= 4 is 40.4 Å². The smallest absolute Gasteiger partial charge is 0.252 e. The summed E-state index contributed by atoms with van der Waals surface area (Å²) in [6.07, 6.45) is 3.48. The first kappa shape index (κ1) is 20.1. The van der Waals surface area contributed by atoms with Crippen molar-refractivity contribution in [1.82, 2.24) is 15.1 Å². The molecule has 2 aromatic rings. The van der Waals surface area contributed by atoms with Gasteiger partial charge in [0, 0.05) is 41.5 Å². The maximum atomic E-state index is 13.1. The van der Waals surface area contributed by atoms with Gasteiger partial charge in [-0.15, -0.1) is 11.3 Å². The molecule has 2 aliphatic rings. The average Bonchev–Trinajstić information content (AvgIpc) is 3.50. The lowest BCUT2D eigenvalue weighted by molar-refractivity contribution is -0.144. The minimum atomic E-state index is -0.334. The van der Waals surface area contributed by atoms with Crippen LogP contribution in [0.2, 0.25) is 0 Å². The molecule has 4 heterocycles. The highest BCUT2D eigenvalue weighted by molar-refractivity contribution is 7.10. The Morgan fingerprint density at radius 2 is 1.90 bits per heavy atom. The van der Waals surface area contributed by atoms with E-state index in [1.165, 1.54) is 11.3 Å². The monoisotopic (exact) mass is 431 g/mol. The third kappa shape index (κ3) is 4.70. The Labute approximate surface area is 178 Å². The number of amides is 3. The third-order valence-electron chi connectivity index (χ3n) is 5.69. The number of nitrogens with zero attached hydrogens (tertiary/aromatic N) is 2. The van der Waals surface area contributed by atoms with Gasteiger partial charge in [0.05, 0.1) is 6.42 Å². The van der Waals surface area contributed by atoms with Crippen LogP contribution in [0, 0.1) is 0 Å². The zero-order valence-electron chi connectivity index (χ0n) is 16.2. The summed E-state index contributed by atoms with van der Waals surface area (Å²) in [5.74, 6) is 0.0584. The molecule has 29 heavy (non-hydrogen) atoms. The summed E-state index contributed by atoms with van der Waals surface area (Å²) < 4.78 is 0. The van der Waals surface area contributed by atoms with Crippen LogP contribution in [0.25, 0.3) is 0 Å². The number of carbonyl (C=O) groups excluding carboxylic acids is 3. The Hall–Kier alpha value is -2.19. The molecule has 0 radical (unpaired) electrons. The van der Waals surface area contributed by atoms with E-state index in [0.717, 1.165) is 30.6 Å². The van der Waals surface area contributed by atoms with Crippen LogP contribution in [0.3, 0.4) is 0 Å². The molecule has 4 rings (SSSR count). The molecular formula is C21H25N3O3S2. The van der Waals surface area contributed by atoms with E-state index >= 15 is 0 Å². The van der Waals surface area contributed by atoms with Crippen LogP contribution >= 0.6 is 22.7 Å². The first-order valence-electron chi connectivity index (χ1n) is 10.1. The van der Waals surface area contributed by atoms with E-state index in [9.17, 15) is 14.4 Å². The number of rotatable bonds is 5. The molecule has 2 fully saturated rings. The van der Waals surface area contributed by atoms with Crippen molar-refractivity contribution in [3.05, 3.63) is 44.8 Å². The zero-order chi connectivity index (χ0) is 20.2. The van der Waals surface area contributed by atoms with Crippen LogP contribution in [0.1, 0.15) is 40.9 Å². The molecule has 0 spiro atoms. The van der Waals surface area contributed by atoms with Crippen LogP contribution in [-0.2, 0) is 16.0 Å². The van der Waals surface area contributed by atoms with Crippen molar-refractivity contribution in [1.29, 1.82) is 0 Å². The molecule has 1 unspecified atom stereocenters. The van der Waals surface area contributed by atoms with E-state index in [1.807, 2.05) is 39.2 Å². The molecule has 0 aliphatic carbocycles. The Morgan fingerprint density at radius 3 is 2.59 bits per heavy atom. The number of hydrogen-bond donors (Lipinski definition) is 1. The van der Waals surface area contributed by atoms with Gasteiger partial charge in [-0.25, -0.2) is 0 Å². The summed E-state index contributed by atoms with van der Waals surface area (Å²) in [4.78, 5) is 42.7. The van der Waals surface area contributed by atoms with Crippen LogP contribution in [0.5, 0.6) is 0 Å². The Balaban J connectivity index is 1.29. The van der Waals surface area contributed by atoms with Gasteiger partial charge in [0.1, 0.15) is 6.04 Å². The molecule has 8 heteroatoms. The Kier molecular flexibility index (Phi) is 6.30. The second-order valence-corrected chi connectivity index (χ2v) is 9.40. The Bertz CT molecular complexity index is 843. The van der Waals surface area contributed by atoms with Gasteiger partial charge in [0.15, 0.2) is 0 Å². The second-order valence-electron chi connectivity index (χ2n) is 7.59. The minimum Gasteiger partial charge on any atom is -0.349 e. The maximum Gasteiger partial charge on any atom is 0.252 e. The lowest BCUT2D eigenvalue weighted by atomic mass is 10.0. The highest BCUT2D eigenvalue weighted by Crippen LogP contribution is 2.23. The van der Waals surface area contributed by atoms with Crippen molar-refractivity contribution in [2.24, 2.45) is 0 Å². The van der Waals surface area contributed by atoms with Gasteiger partial charge in [0.2, 0.25) is 11.8 Å². The summed E-state index contributed by atoms with van der Waals surface area (Å²) in [6, 6.07) is 5.48. The fourth-order valence-electron chi connectivity index (χ4n) is 4.10. The van der Waals surface area contributed by atoms with E-state index in [0.29, 0.717) is 31.6 Å². The predicted molar refractivity (Wildman–Crippen MR) is 114 cm³/mol. The lowest BCUT2D eigenvalue weighted by Crippen LogP contribution is -2.52. The third-order valence-corrected chi connectivity index (χ3v) is 7.25. The molecule has 6 nitrogen and oxygen atoms in total. The normalized spacial score (nSPS) is 20.1. The number of likely N-dealkylation sites (tertiary alicyclic amines) is 2. The van der Waals surface area contributed by atoms with Gasteiger partial charge < -0.3 is 15.1 Å². The molecule has 0 saturated carbocycles. The number of nitrogens with one attached hydrogen (secondary N) is 1. The second kappa shape index (κ2) is 9.09. The number of carbonyl (C=O) groups is 3. The number of piperidine rings is 1. The molecule has 3 amide bonds. The molecule has 2 aromatic heterocycles. The molecule has 1 N–H and O–H groups in total. The van der Waals surface area contributed by atoms with Gasteiger partial charge >= 0.3 is 0 Å². The van der Waals surface area contributed by atoms with E-state index in [-0.39, 0.29) is 29.8 Å². The van der Waals surface area contributed by atoms with E-state index in [2.05, 4.69) is 5.32 Å². The number of hydrogen-bond acceptors (Lipinski definition) is 5. The Morgan fingerprint density at radius 1 is 1.07 bits per heavy atom. The van der Waals surface area contributed by atoms with Gasteiger partial charge in [-0.3, -0.25) is 14.4 Å². The minimum absolute atomic E-state index is 0.0428. The van der Waals surface area contributed by atoms with Gasteiger partial charge in [0.25, 0.3) is 5.91 Å². The number of thiophene rings is 2. The van der Waals surface area contributed by atoms with E-state index in [1.54, 1.807) is 16.2 Å². The highest BCUT2D eigenvalue weighted by Gasteiger charge is 2.37. The standard InChI is InChI=1S/C21H25N3O3S2/c25-19(13-17-3-2-11-29-17)24-8-1-4-18(24)21(27)23-9-5-16(6-10-23)22-20(26)15-7-12-28-14-15/h2-3,7,11-12,14,16,18H,1,4-6,8-10,13H2,(H,22,26). The fourth-order valence-corrected chi connectivity index (χ4v) is 5.43. The van der Waals surface area contributed by atoms with Crippen molar-refractivity contribution in [2.45, 2.75) is 44.2 Å². The summed E-state index contributed by atoms with van der Waals surface area (Å²) >= 11 is 3.08.